The number of rotatable bonds is 3. The van der Waals surface area contributed by atoms with Crippen LogP contribution >= 0.6 is 15.9 Å². The van der Waals surface area contributed by atoms with Crippen LogP contribution < -0.4 is 5.32 Å². The minimum Gasteiger partial charge on any atom is -0.369 e. The second kappa shape index (κ2) is 5.83. The van der Waals surface area contributed by atoms with Gasteiger partial charge in [-0.3, -0.25) is 0 Å². The molecule has 0 radical (unpaired) electrons. The smallest absolute Gasteiger partial charge is 0.140 e. The zero-order valence-corrected chi connectivity index (χ0v) is 12.1. The average Bonchev–Trinajstić information content (AvgIpc) is 2.33. The highest BCUT2D eigenvalue weighted by Gasteiger charge is 2.16. The molecule has 4 heteroatoms. The van der Waals surface area contributed by atoms with E-state index < -0.39 is 0 Å². The Hall–Kier alpha value is -0.610. The van der Waals surface area contributed by atoms with Crippen molar-refractivity contribution in [1.82, 2.24) is 9.88 Å². The number of hydrogen-bond acceptors (Lipinski definition) is 3. The number of aryl methyl sites for hydroxylation is 1. The van der Waals surface area contributed by atoms with Crippen LogP contribution in [0.25, 0.3) is 0 Å². The van der Waals surface area contributed by atoms with Gasteiger partial charge in [0, 0.05) is 12.7 Å². The van der Waals surface area contributed by atoms with Crippen LogP contribution in [0, 0.1) is 12.8 Å². The molecule has 2 heterocycles. The predicted molar refractivity (Wildman–Crippen MR) is 75.4 cm³/mol. The number of nitrogens with one attached hydrogen (secondary N) is 1. The van der Waals surface area contributed by atoms with Gasteiger partial charge < -0.3 is 10.2 Å². The van der Waals surface area contributed by atoms with Crippen LogP contribution in [-0.4, -0.2) is 36.6 Å². The summed E-state index contributed by atoms with van der Waals surface area (Å²) in [7, 11) is 2.20. The number of aromatic nitrogens is 1. The van der Waals surface area contributed by atoms with Crippen LogP contribution in [0.3, 0.4) is 0 Å². The van der Waals surface area contributed by atoms with Crippen molar-refractivity contribution in [2.24, 2.45) is 5.92 Å². The molecule has 1 saturated heterocycles. The number of anilines is 1. The molecular weight excluding hydrogens is 278 g/mol. The molecule has 3 nitrogen and oxygen atoms in total. The van der Waals surface area contributed by atoms with Gasteiger partial charge in [0.15, 0.2) is 0 Å². The summed E-state index contributed by atoms with van der Waals surface area (Å²) >= 11 is 3.58. The fourth-order valence-electron chi connectivity index (χ4n) is 2.17. The first-order chi connectivity index (χ1) is 8.16. The zero-order chi connectivity index (χ0) is 12.3. The summed E-state index contributed by atoms with van der Waals surface area (Å²) in [5, 5.41) is 3.46. The number of nitrogens with zero attached hydrogens (tertiary/aromatic N) is 2. The zero-order valence-electron chi connectivity index (χ0n) is 10.5. The van der Waals surface area contributed by atoms with E-state index in [1.165, 1.54) is 31.5 Å². The van der Waals surface area contributed by atoms with Crippen molar-refractivity contribution in [3.8, 4) is 0 Å². The van der Waals surface area contributed by atoms with Gasteiger partial charge in [-0.1, -0.05) is 0 Å². The van der Waals surface area contributed by atoms with Crippen molar-refractivity contribution < 1.29 is 0 Å². The Kier molecular flexibility index (Phi) is 4.40. The van der Waals surface area contributed by atoms with Gasteiger partial charge in [0.1, 0.15) is 5.82 Å². The highest BCUT2D eigenvalue weighted by atomic mass is 79.9. The third-order valence-electron chi connectivity index (χ3n) is 3.48. The van der Waals surface area contributed by atoms with E-state index in [-0.39, 0.29) is 0 Å². The molecule has 1 aliphatic rings. The molecule has 0 amide bonds. The van der Waals surface area contributed by atoms with Gasteiger partial charge in [-0.15, -0.1) is 0 Å². The number of halogens is 1. The summed E-state index contributed by atoms with van der Waals surface area (Å²) in [4.78, 5) is 6.77. The normalized spacial score (nSPS) is 18.3. The Morgan fingerprint density at radius 1 is 1.47 bits per heavy atom. The Morgan fingerprint density at radius 2 is 2.18 bits per heavy atom. The molecule has 0 aliphatic carbocycles. The van der Waals surface area contributed by atoms with Crippen LogP contribution in [0.15, 0.2) is 16.7 Å². The van der Waals surface area contributed by atoms with Crippen molar-refractivity contribution in [3.63, 3.8) is 0 Å². The first-order valence-electron chi connectivity index (χ1n) is 6.20. The van der Waals surface area contributed by atoms with Gasteiger partial charge in [-0.05, 0) is 73.4 Å². The Morgan fingerprint density at radius 3 is 2.88 bits per heavy atom. The monoisotopic (exact) mass is 297 g/mol. The van der Waals surface area contributed by atoms with Gasteiger partial charge in [-0.2, -0.15) is 0 Å². The maximum Gasteiger partial charge on any atom is 0.140 e. The third kappa shape index (κ3) is 3.42. The van der Waals surface area contributed by atoms with E-state index in [0.717, 1.165) is 22.8 Å². The molecule has 0 aromatic carbocycles. The molecule has 2 rings (SSSR count). The van der Waals surface area contributed by atoms with Gasteiger partial charge in [0.05, 0.1) is 4.47 Å². The topological polar surface area (TPSA) is 28.2 Å². The molecular formula is C13H20BrN3. The molecule has 0 spiro atoms. The Labute approximate surface area is 112 Å². The molecule has 0 unspecified atom stereocenters. The summed E-state index contributed by atoms with van der Waals surface area (Å²) < 4.78 is 1.09. The van der Waals surface area contributed by atoms with E-state index in [1.807, 2.05) is 12.3 Å². The van der Waals surface area contributed by atoms with Crippen LogP contribution in [0.5, 0.6) is 0 Å². The van der Waals surface area contributed by atoms with E-state index in [1.54, 1.807) is 0 Å². The lowest BCUT2D eigenvalue weighted by Crippen LogP contribution is -2.33. The van der Waals surface area contributed by atoms with Gasteiger partial charge in [-0.25, -0.2) is 4.98 Å². The molecule has 1 fully saturated rings. The predicted octanol–water partition coefficient (Wildman–Crippen LogP) is 2.91. The maximum atomic E-state index is 4.37. The van der Waals surface area contributed by atoms with Crippen LogP contribution in [-0.2, 0) is 0 Å². The molecule has 1 N–H and O–H groups in total. The lowest BCUT2D eigenvalue weighted by atomic mass is 9.97. The summed E-state index contributed by atoms with van der Waals surface area (Å²) in [5.41, 5.74) is 1.23. The quantitative estimate of drug-likeness (QED) is 0.930. The second-order valence-electron chi connectivity index (χ2n) is 4.92. The highest BCUT2D eigenvalue weighted by Crippen LogP contribution is 2.24. The van der Waals surface area contributed by atoms with Crippen LogP contribution in [0.4, 0.5) is 5.82 Å². The van der Waals surface area contributed by atoms with Gasteiger partial charge >= 0.3 is 0 Å². The van der Waals surface area contributed by atoms with E-state index >= 15 is 0 Å². The first-order valence-corrected chi connectivity index (χ1v) is 6.99. The minimum absolute atomic E-state index is 0.778. The average molecular weight is 298 g/mol. The standard InChI is InChI=1S/C13H20BrN3/c1-10-3-6-15-13(12(10)14)16-9-11-4-7-17(2)8-5-11/h3,6,11H,4-5,7-9H2,1-2H3,(H,15,16). The molecule has 94 valence electrons. The summed E-state index contributed by atoms with van der Waals surface area (Å²) in [6, 6.07) is 2.02. The number of piperidine rings is 1. The van der Waals surface area contributed by atoms with E-state index in [9.17, 15) is 0 Å². The van der Waals surface area contributed by atoms with Crippen molar-refractivity contribution >= 4 is 21.7 Å². The van der Waals surface area contributed by atoms with E-state index in [2.05, 4.69) is 45.1 Å². The van der Waals surface area contributed by atoms with Gasteiger partial charge in [0.25, 0.3) is 0 Å². The number of likely N-dealkylation sites (tertiary alicyclic amines) is 1. The third-order valence-corrected chi connectivity index (χ3v) is 4.48. The van der Waals surface area contributed by atoms with Crippen molar-refractivity contribution in [1.29, 1.82) is 0 Å². The summed E-state index contributed by atoms with van der Waals surface area (Å²) in [5.74, 6) is 1.75. The Bertz CT molecular complexity index is 373. The SMILES string of the molecule is Cc1ccnc(NCC2CCN(C)CC2)c1Br. The lowest BCUT2D eigenvalue weighted by Gasteiger charge is -2.29. The summed E-state index contributed by atoms with van der Waals surface area (Å²) in [6.45, 7) is 5.55. The fourth-order valence-corrected chi connectivity index (χ4v) is 2.55. The summed E-state index contributed by atoms with van der Waals surface area (Å²) in [6.07, 6.45) is 4.43. The molecule has 0 atom stereocenters. The van der Waals surface area contributed by atoms with Crippen LogP contribution in [0.2, 0.25) is 0 Å². The molecule has 17 heavy (non-hydrogen) atoms. The second-order valence-corrected chi connectivity index (χ2v) is 5.71. The van der Waals surface area contributed by atoms with E-state index in [4.69, 9.17) is 0 Å². The number of pyridine rings is 1. The maximum absolute atomic E-state index is 4.37. The Balaban J connectivity index is 1.87. The fraction of sp³-hybridized carbons (Fsp3) is 0.615. The molecule has 0 saturated carbocycles. The minimum atomic E-state index is 0.778. The van der Waals surface area contributed by atoms with E-state index in [0.29, 0.717) is 0 Å². The lowest BCUT2D eigenvalue weighted by molar-refractivity contribution is 0.226. The first kappa shape index (κ1) is 12.8. The molecule has 1 aliphatic heterocycles. The van der Waals surface area contributed by atoms with Gasteiger partial charge in [0.2, 0.25) is 0 Å². The van der Waals surface area contributed by atoms with Crippen molar-refractivity contribution in [2.45, 2.75) is 19.8 Å². The molecule has 1 aromatic rings. The van der Waals surface area contributed by atoms with Crippen molar-refractivity contribution in [2.75, 3.05) is 32.0 Å². The highest BCUT2D eigenvalue weighted by molar-refractivity contribution is 9.10. The molecule has 1 aromatic heterocycles. The van der Waals surface area contributed by atoms with Crippen LogP contribution in [0.1, 0.15) is 18.4 Å². The largest absolute Gasteiger partial charge is 0.369 e. The van der Waals surface area contributed by atoms with Crippen molar-refractivity contribution in [3.05, 3.63) is 22.3 Å². The molecule has 0 bridgehead atoms. The number of hydrogen-bond donors (Lipinski definition) is 1.